The third kappa shape index (κ3) is 5.51. The molecule has 1 atom stereocenters. The second kappa shape index (κ2) is 9.09. The van der Waals surface area contributed by atoms with E-state index in [1.54, 1.807) is 11.3 Å². The summed E-state index contributed by atoms with van der Waals surface area (Å²) in [6, 6.07) is 8.57. The smallest absolute Gasteiger partial charge is 0.319 e. The third-order valence-corrected chi connectivity index (χ3v) is 5.60. The Kier molecular flexibility index (Phi) is 6.57. The van der Waals surface area contributed by atoms with Gasteiger partial charge in [0.1, 0.15) is 10.0 Å². The van der Waals surface area contributed by atoms with Crippen molar-refractivity contribution >= 4 is 23.1 Å². The Morgan fingerprint density at radius 3 is 3.00 bits per heavy atom. The quantitative estimate of drug-likeness (QED) is 0.812. The van der Waals surface area contributed by atoms with E-state index in [9.17, 15) is 4.79 Å². The lowest BCUT2D eigenvalue weighted by atomic mass is 10.0. The van der Waals surface area contributed by atoms with Crippen LogP contribution in [0.4, 0.5) is 10.5 Å². The van der Waals surface area contributed by atoms with Crippen LogP contribution in [0.2, 0.25) is 0 Å². The van der Waals surface area contributed by atoms with Crippen molar-refractivity contribution in [2.75, 3.05) is 18.4 Å². The minimum atomic E-state index is -0.185. The molecule has 0 bridgehead atoms. The molecule has 1 aromatic carbocycles. The first-order valence-corrected chi connectivity index (χ1v) is 10.1. The van der Waals surface area contributed by atoms with E-state index >= 15 is 0 Å². The highest BCUT2D eigenvalue weighted by Crippen LogP contribution is 2.20. The molecule has 1 fully saturated rings. The summed E-state index contributed by atoms with van der Waals surface area (Å²) in [4.78, 5) is 14.6. The van der Waals surface area contributed by atoms with Crippen molar-refractivity contribution in [2.24, 2.45) is 0 Å². The number of aryl methyl sites for hydroxylation is 1. The SMILES string of the molecule is Cc1nnc(CCNC(=O)Nc2cccc(CN3CCCC[C@@H]3C)c2)s1. The van der Waals surface area contributed by atoms with E-state index in [1.165, 1.54) is 24.8 Å². The highest BCUT2D eigenvalue weighted by atomic mass is 32.1. The number of aromatic nitrogens is 2. The molecule has 26 heavy (non-hydrogen) atoms. The number of likely N-dealkylation sites (tertiary alicyclic amines) is 1. The normalized spacial score (nSPS) is 17.8. The van der Waals surface area contributed by atoms with E-state index in [-0.39, 0.29) is 6.03 Å². The first-order valence-electron chi connectivity index (χ1n) is 9.27. The Labute approximate surface area is 159 Å². The fourth-order valence-electron chi connectivity index (χ4n) is 3.27. The zero-order chi connectivity index (χ0) is 18.4. The van der Waals surface area contributed by atoms with Gasteiger partial charge in [-0.2, -0.15) is 0 Å². The molecule has 1 aromatic heterocycles. The van der Waals surface area contributed by atoms with Crippen LogP contribution in [0.3, 0.4) is 0 Å². The molecule has 2 N–H and O–H groups in total. The molecule has 2 aromatic rings. The summed E-state index contributed by atoms with van der Waals surface area (Å²) in [5.41, 5.74) is 2.07. The molecule has 3 rings (SSSR count). The molecule has 7 heteroatoms. The van der Waals surface area contributed by atoms with Gasteiger partial charge in [0.2, 0.25) is 0 Å². The zero-order valence-electron chi connectivity index (χ0n) is 15.5. The average Bonchev–Trinajstić information content (AvgIpc) is 3.02. The summed E-state index contributed by atoms with van der Waals surface area (Å²) in [6.45, 7) is 6.87. The van der Waals surface area contributed by atoms with E-state index in [0.29, 0.717) is 19.0 Å². The highest BCUT2D eigenvalue weighted by molar-refractivity contribution is 7.11. The van der Waals surface area contributed by atoms with E-state index in [0.717, 1.165) is 28.8 Å². The van der Waals surface area contributed by atoms with Gasteiger partial charge in [-0.25, -0.2) is 4.79 Å². The number of rotatable bonds is 6. The largest absolute Gasteiger partial charge is 0.337 e. The summed E-state index contributed by atoms with van der Waals surface area (Å²) in [6.07, 6.45) is 4.58. The molecule has 1 saturated heterocycles. The number of carbonyl (C=O) groups is 1. The van der Waals surface area contributed by atoms with Crippen LogP contribution >= 0.6 is 11.3 Å². The van der Waals surface area contributed by atoms with E-state index < -0.39 is 0 Å². The molecule has 2 amide bonds. The van der Waals surface area contributed by atoms with Crippen molar-refractivity contribution in [3.8, 4) is 0 Å². The predicted octanol–water partition coefficient (Wildman–Crippen LogP) is 3.59. The first kappa shape index (κ1) is 18.8. The van der Waals surface area contributed by atoms with Crippen molar-refractivity contribution < 1.29 is 4.79 Å². The first-order chi connectivity index (χ1) is 12.6. The second-order valence-corrected chi connectivity index (χ2v) is 8.13. The molecule has 6 nitrogen and oxygen atoms in total. The number of benzene rings is 1. The fraction of sp³-hybridized carbons (Fsp3) is 0.526. The van der Waals surface area contributed by atoms with Crippen molar-refractivity contribution in [3.63, 3.8) is 0 Å². The van der Waals surface area contributed by atoms with Crippen LogP contribution in [0.25, 0.3) is 0 Å². The summed E-state index contributed by atoms with van der Waals surface area (Å²) < 4.78 is 0. The molecular weight excluding hydrogens is 346 g/mol. The number of hydrogen-bond acceptors (Lipinski definition) is 5. The van der Waals surface area contributed by atoms with Crippen molar-refractivity contribution in [1.29, 1.82) is 0 Å². The van der Waals surface area contributed by atoms with Gasteiger partial charge in [0.15, 0.2) is 0 Å². The zero-order valence-corrected chi connectivity index (χ0v) is 16.3. The average molecular weight is 374 g/mol. The van der Waals surface area contributed by atoms with Gasteiger partial charge in [0.25, 0.3) is 0 Å². The lowest BCUT2D eigenvalue weighted by molar-refractivity contribution is 0.152. The standard InChI is InChI=1S/C19H27N5OS/c1-14-6-3-4-11-24(14)13-16-7-5-8-17(12-16)21-19(25)20-10-9-18-23-22-15(2)26-18/h5,7-8,12,14H,3-4,6,9-11,13H2,1-2H3,(H2,20,21,25)/t14-/m0/s1. The van der Waals surface area contributed by atoms with Crippen LogP contribution in [0.5, 0.6) is 0 Å². The number of amides is 2. The van der Waals surface area contributed by atoms with Crippen LogP contribution in [-0.4, -0.2) is 40.3 Å². The number of piperidine rings is 1. The number of nitrogens with one attached hydrogen (secondary N) is 2. The Bertz CT molecular complexity index is 732. The molecule has 140 valence electrons. The van der Waals surface area contributed by atoms with Gasteiger partial charge in [0, 0.05) is 31.2 Å². The van der Waals surface area contributed by atoms with Gasteiger partial charge in [-0.05, 0) is 50.9 Å². The van der Waals surface area contributed by atoms with E-state index in [4.69, 9.17) is 0 Å². The van der Waals surface area contributed by atoms with Gasteiger partial charge < -0.3 is 10.6 Å². The van der Waals surface area contributed by atoms with Crippen molar-refractivity contribution in [1.82, 2.24) is 20.4 Å². The lowest BCUT2D eigenvalue weighted by Gasteiger charge is -2.33. The van der Waals surface area contributed by atoms with Crippen LogP contribution in [-0.2, 0) is 13.0 Å². The Morgan fingerprint density at radius 2 is 2.23 bits per heavy atom. The molecule has 0 radical (unpaired) electrons. The predicted molar refractivity (Wildman–Crippen MR) is 106 cm³/mol. The molecule has 0 saturated carbocycles. The maximum atomic E-state index is 12.1. The maximum absolute atomic E-state index is 12.1. The number of urea groups is 1. The van der Waals surface area contributed by atoms with Crippen molar-refractivity contribution in [3.05, 3.63) is 39.8 Å². The van der Waals surface area contributed by atoms with E-state index in [2.05, 4.69) is 44.8 Å². The van der Waals surface area contributed by atoms with Crippen LogP contribution < -0.4 is 10.6 Å². The number of hydrogen-bond donors (Lipinski definition) is 2. The Balaban J connectivity index is 1.47. The number of carbonyl (C=O) groups excluding carboxylic acids is 1. The minimum absolute atomic E-state index is 0.185. The van der Waals surface area contributed by atoms with Gasteiger partial charge in [0.05, 0.1) is 0 Å². The third-order valence-electron chi connectivity index (χ3n) is 4.70. The summed E-state index contributed by atoms with van der Waals surface area (Å²) >= 11 is 1.56. The minimum Gasteiger partial charge on any atom is -0.337 e. The molecule has 1 aliphatic rings. The molecule has 0 unspecified atom stereocenters. The summed E-state index contributed by atoms with van der Waals surface area (Å²) in [5.74, 6) is 0. The van der Waals surface area contributed by atoms with Crippen LogP contribution in [0, 0.1) is 6.92 Å². The Morgan fingerprint density at radius 1 is 1.35 bits per heavy atom. The van der Waals surface area contributed by atoms with Crippen molar-refractivity contribution in [2.45, 2.75) is 52.1 Å². The maximum Gasteiger partial charge on any atom is 0.319 e. The summed E-state index contributed by atoms with van der Waals surface area (Å²) in [5, 5.41) is 15.7. The van der Waals surface area contributed by atoms with Crippen LogP contribution in [0.1, 0.15) is 41.8 Å². The topological polar surface area (TPSA) is 70.1 Å². The Hall–Kier alpha value is -1.99. The molecular formula is C19H27N5OS. The van der Waals surface area contributed by atoms with E-state index in [1.807, 2.05) is 19.1 Å². The monoisotopic (exact) mass is 373 g/mol. The van der Waals surface area contributed by atoms with Gasteiger partial charge in [-0.15, -0.1) is 21.5 Å². The second-order valence-electron chi connectivity index (χ2n) is 6.86. The molecule has 2 heterocycles. The van der Waals surface area contributed by atoms with Gasteiger partial charge >= 0.3 is 6.03 Å². The fourth-order valence-corrected chi connectivity index (χ4v) is 3.98. The lowest BCUT2D eigenvalue weighted by Crippen LogP contribution is -2.36. The molecule has 1 aliphatic heterocycles. The molecule has 0 spiro atoms. The number of nitrogens with zero attached hydrogens (tertiary/aromatic N) is 3. The van der Waals surface area contributed by atoms with Crippen LogP contribution in [0.15, 0.2) is 24.3 Å². The highest BCUT2D eigenvalue weighted by Gasteiger charge is 2.18. The van der Waals surface area contributed by atoms with Gasteiger partial charge in [-0.3, -0.25) is 4.90 Å². The van der Waals surface area contributed by atoms with Gasteiger partial charge in [-0.1, -0.05) is 18.6 Å². The number of anilines is 1. The summed E-state index contributed by atoms with van der Waals surface area (Å²) in [7, 11) is 0. The molecule has 0 aliphatic carbocycles.